The molecular weight excluding hydrogens is 443 g/mol. The van der Waals surface area contributed by atoms with Crippen molar-refractivity contribution >= 4 is 29.5 Å². The molecule has 0 radical (unpaired) electrons. The van der Waals surface area contributed by atoms with Gasteiger partial charge in [0.2, 0.25) is 11.8 Å². The van der Waals surface area contributed by atoms with Gasteiger partial charge in [-0.2, -0.15) is 5.10 Å². The van der Waals surface area contributed by atoms with Crippen LogP contribution in [0.4, 0.5) is 4.39 Å². The molecule has 3 aromatic rings. The Morgan fingerprint density at radius 1 is 1.12 bits per heavy atom. The Bertz CT molecular complexity index is 1130. The minimum absolute atomic E-state index is 0.0825. The van der Waals surface area contributed by atoms with E-state index in [-0.39, 0.29) is 30.7 Å². The number of aromatic nitrogens is 2. The Morgan fingerprint density at radius 3 is 2.48 bits per heavy atom. The van der Waals surface area contributed by atoms with Gasteiger partial charge in [-0.1, -0.05) is 54.1 Å². The Kier molecular flexibility index (Phi) is 8.38. The average Bonchev–Trinajstić information content (AvgIpc) is 3.08. The summed E-state index contributed by atoms with van der Waals surface area (Å²) in [5.41, 5.74) is 3.21. The lowest BCUT2D eigenvalue weighted by molar-refractivity contribution is -0.132. The molecule has 0 aliphatic rings. The molecule has 0 aliphatic heterocycles. The van der Waals surface area contributed by atoms with E-state index >= 15 is 0 Å². The smallest absolute Gasteiger partial charge is 0.247 e. The molecule has 2 amide bonds. The van der Waals surface area contributed by atoms with E-state index in [0.29, 0.717) is 29.5 Å². The van der Waals surface area contributed by atoms with Crippen molar-refractivity contribution in [3.63, 3.8) is 0 Å². The first-order valence-electron chi connectivity index (χ1n) is 10.6. The highest BCUT2D eigenvalue weighted by Crippen LogP contribution is 2.22. The molecule has 0 spiro atoms. The maximum Gasteiger partial charge on any atom is 0.247 e. The number of aryl methyl sites for hydroxylation is 1. The second kappa shape index (κ2) is 11.4. The van der Waals surface area contributed by atoms with Crippen LogP contribution in [0.5, 0.6) is 0 Å². The van der Waals surface area contributed by atoms with Crippen LogP contribution >= 0.6 is 11.6 Å². The molecule has 1 heterocycles. The van der Waals surface area contributed by atoms with Crippen LogP contribution in [0.15, 0.2) is 60.7 Å². The van der Waals surface area contributed by atoms with Crippen molar-refractivity contribution in [3.05, 3.63) is 94.0 Å². The molecule has 8 heteroatoms. The van der Waals surface area contributed by atoms with Crippen LogP contribution in [0.25, 0.3) is 6.08 Å². The van der Waals surface area contributed by atoms with Crippen molar-refractivity contribution in [2.75, 3.05) is 13.1 Å². The Balaban J connectivity index is 1.59. The summed E-state index contributed by atoms with van der Waals surface area (Å²) in [6.07, 6.45) is 3.03. The van der Waals surface area contributed by atoms with Gasteiger partial charge in [0.25, 0.3) is 0 Å². The number of nitrogens with one attached hydrogen (secondary N) is 1. The summed E-state index contributed by atoms with van der Waals surface area (Å²) in [5.74, 6) is -0.936. The maximum atomic E-state index is 13.0. The first-order chi connectivity index (χ1) is 15.9. The largest absolute Gasteiger partial charge is 0.350 e. The fourth-order valence-corrected chi connectivity index (χ4v) is 3.55. The normalized spacial score (nSPS) is 11.0. The molecule has 1 aromatic heterocycles. The fraction of sp³-hybridized carbons (Fsp3) is 0.240. The van der Waals surface area contributed by atoms with E-state index < -0.39 is 0 Å². The number of carbonyl (C=O) groups excluding carboxylic acids is 2. The van der Waals surface area contributed by atoms with Crippen LogP contribution < -0.4 is 5.32 Å². The number of amides is 2. The van der Waals surface area contributed by atoms with Crippen molar-refractivity contribution in [2.24, 2.45) is 0 Å². The van der Waals surface area contributed by atoms with Gasteiger partial charge in [-0.05, 0) is 43.2 Å². The molecule has 1 N–H and O–H groups in total. The van der Waals surface area contributed by atoms with Crippen molar-refractivity contribution in [3.8, 4) is 0 Å². The number of hydrogen-bond donors (Lipinski definition) is 1. The minimum atomic E-state index is -0.333. The minimum Gasteiger partial charge on any atom is -0.350 e. The molecule has 33 heavy (non-hydrogen) atoms. The lowest BCUT2D eigenvalue weighted by Gasteiger charge is -2.18. The molecule has 0 saturated heterocycles. The first-order valence-corrected chi connectivity index (χ1v) is 11.0. The summed E-state index contributed by atoms with van der Waals surface area (Å²) in [5, 5.41) is 7.66. The van der Waals surface area contributed by atoms with Crippen molar-refractivity contribution in [1.82, 2.24) is 20.0 Å². The average molecular weight is 469 g/mol. The molecular formula is C25H26ClFN4O2. The van der Waals surface area contributed by atoms with Crippen molar-refractivity contribution in [1.29, 1.82) is 0 Å². The highest BCUT2D eigenvalue weighted by Gasteiger charge is 2.15. The number of nitrogens with zero attached hydrogens (tertiary/aromatic N) is 3. The van der Waals surface area contributed by atoms with Crippen LogP contribution in [-0.2, 0) is 22.7 Å². The standard InChI is InChI=1S/C25H26ClFN4O2/c1-3-30(17-23(32)28-15-19-9-11-21(27)12-10-19)24(33)14-13-22-18(2)29-31(25(22)26)16-20-7-5-4-6-8-20/h4-14H,3,15-17H2,1-2H3,(H,28,32). The lowest BCUT2D eigenvalue weighted by Crippen LogP contribution is -2.39. The predicted molar refractivity (Wildman–Crippen MR) is 127 cm³/mol. The van der Waals surface area contributed by atoms with E-state index in [4.69, 9.17) is 11.6 Å². The van der Waals surface area contributed by atoms with Crippen LogP contribution in [0.3, 0.4) is 0 Å². The molecule has 0 saturated carbocycles. The predicted octanol–water partition coefficient (Wildman–Crippen LogP) is 4.21. The van der Waals surface area contributed by atoms with E-state index in [1.807, 2.05) is 37.3 Å². The third-order valence-electron chi connectivity index (χ3n) is 5.11. The van der Waals surface area contributed by atoms with Gasteiger partial charge in [-0.25, -0.2) is 9.07 Å². The highest BCUT2D eigenvalue weighted by molar-refractivity contribution is 6.31. The molecule has 2 aromatic carbocycles. The van der Waals surface area contributed by atoms with Crippen LogP contribution in [0.2, 0.25) is 5.15 Å². The third-order valence-corrected chi connectivity index (χ3v) is 5.51. The Hall–Kier alpha value is -3.45. The zero-order valence-corrected chi connectivity index (χ0v) is 19.3. The monoisotopic (exact) mass is 468 g/mol. The first kappa shape index (κ1) is 24.2. The molecule has 0 atom stereocenters. The topological polar surface area (TPSA) is 67.2 Å². The number of hydrogen-bond acceptors (Lipinski definition) is 3. The van der Waals surface area contributed by atoms with Crippen molar-refractivity contribution < 1.29 is 14.0 Å². The van der Waals surface area contributed by atoms with Gasteiger partial charge in [0.05, 0.1) is 18.8 Å². The van der Waals surface area contributed by atoms with Gasteiger partial charge >= 0.3 is 0 Å². The van der Waals surface area contributed by atoms with Gasteiger partial charge in [0, 0.05) is 24.7 Å². The summed E-state index contributed by atoms with van der Waals surface area (Å²) in [4.78, 5) is 26.4. The Morgan fingerprint density at radius 2 is 1.82 bits per heavy atom. The van der Waals surface area contributed by atoms with E-state index in [9.17, 15) is 14.0 Å². The molecule has 0 unspecified atom stereocenters. The Labute approximate surface area is 197 Å². The summed E-state index contributed by atoms with van der Waals surface area (Å²) in [7, 11) is 0. The van der Waals surface area contributed by atoms with Crippen LogP contribution in [0.1, 0.15) is 29.3 Å². The number of likely N-dealkylation sites (N-methyl/N-ethyl adjacent to an activating group) is 1. The summed E-state index contributed by atoms with van der Waals surface area (Å²) < 4.78 is 14.7. The zero-order chi connectivity index (χ0) is 23.8. The molecule has 6 nitrogen and oxygen atoms in total. The van der Waals surface area contributed by atoms with Gasteiger partial charge < -0.3 is 10.2 Å². The third kappa shape index (κ3) is 6.76. The van der Waals surface area contributed by atoms with Gasteiger partial charge in [-0.3, -0.25) is 9.59 Å². The van der Waals surface area contributed by atoms with E-state index in [1.54, 1.807) is 29.8 Å². The molecule has 172 valence electrons. The SMILES string of the molecule is CCN(CC(=O)NCc1ccc(F)cc1)C(=O)C=Cc1c(C)nn(Cc2ccccc2)c1Cl. The lowest BCUT2D eigenvalue weighted by atomic mass is 10.2. The van der Waals surface area contributed by atoms with Crippen LogP contribution in [0, 0.1) is 12.7 Å². The second-order valence-corrected chi connectivity index (χ2v) is 7.88. The van der Waals surface area contributed by atoms with E-state index in [1.165, 1.54) is 23.1 Å². The zero-order valence-electron chi connectivity index (χ0n) is 18.6. The fourth-order valence-electron chi connectivity index (χ4n) is 3.26. The highest BCUT2D eigenvalue weighted by atomic mass is 35.5. The summed E-state index contributed by atoms with van der Waals surface area (Å²) in [6, 6.07) is 15.7. The van der Waals surface area contributed by atoms with Gasteiger partial charge in [-0.15, -0.1) is 0 Å². The number of carbonyl (C=O) groups is 2. The second-order valence-electron chi connectivity index (χ2n) is 7.52. The summed E-state index contributed by atoms with van der Waals surface area (Å²) >= 11 is 6.51. The summed E-state index contributed by atoms with van der Waals surface area (Å²) in [6.45, 7) is 4.70. The van der Waals surface area contributed by atoms with Crippen LogP contribution in [-0.4, -0.2) is 39.6 Å². The number of halogens is 2. The maximum absolute atomic E-state index is 13.0. The quantitative estimate of drug-likeness (QED) is 0.478. The van der Waals surface area contributed by atoms with E-state index in [0.717, 1.165) is 11.1 Å². The number of benzene rings is 2. The molecule has 3 rings (SSSR count). The number of rotatable bonds is 9. The molecule has 0 bridgehead atoms. The molecule has 0 aliphatic carbocycles. The van der Waals surface area contributed by atoms with Crippen molar-refractivity contribution in [2.45, 2.75) is 26.9 Å². The molecule has 0 fully saturated rings. The van der Waals surface area contributed by atoms with Gasteiger partial charge in [0.15, 0.2) is 0 Å². The van der Waals surface area contributed by atoms with E-state index in [2.05, 4.69) is 10.4 Å². The van der Waals surface area contributed by atoms with Gasteiger partial charge in [0.1, 0.15) is 11.0 Å².